The first-order valence-corrected chi connectivity index (χ1v) is 9.26. The number of carbonyl (C=O) groups excluding carboxylic acids is 2. The minimum absolute atomic E-state index is 0.0773. The van der Waals surface area contributed by atoms with E-state index in [1.807, 2.05) is 67.6 Å². The lowest BCUT2D eigenvalue weighted by Crippen LogP contribution is -2.27. The van der Waals surface area contributed by atoms with Crippen molar-refractivity contribution < 1.29 is 9.59 Å². The van der Waals surface area contributed by atoms with Crippen LogP contribution in [0.3, 0.4) is 0 Å². The molecular weight excluding hydrogens is 360 g/mol. The van der Waals surface area contributed by atoms with Gasteiger partial charge in [0.2, 0.25) is 0 Å². The summed E-state index contributed by atoms with van der Waals surface area (Å²) in [5, 5.41) is 5.65. The van der Waals surface area contributed by atoms with Crippen molar-refractivity contribution in [3.05, 3.63) is 82.4 Å². The van der Waals surface area contributed by atoms with Crippen molar-refractivity contribution in [2.45, 2.75) is 19.5 Å². The zero-order valence-electron chi connectivity index (χ0n) is 14.8. The van der Waals surface area contributed by atoms with Crippen LogP contribution in [-0.2, 0) is 6.54 Å². The number of anilines is 1. The molecule has 1 atom stereocenters. The molecule has 1 heterocycles. The molecule has 3 aromatic rings. The summed E-state index contributed by atoms with van der Waals surface area (Å²) in [5.41, 5.74) is 8.14. The average molecular weight is 380 g/mol. The Labute approximate surface area is 161 Å². The summed E-state index contributed by atoms with van der Waals surface area (Å²) in [6.07, 6.45) is 0. The monoisotopic (exact) mass is 380 g/mol. The van der Waals surface area contributed by atoms with E-state index in [-0.39, 0.29) is 28.2 Å². The van der Waals surface area contributed by atoms with Crippen LogP contribution in [0.15, 0.2) is 60.7 Å². The first-order chi connectivity index (χ1) is 13.1. The van der Waals surface area contributed by atoms with Gasteiger partial charge < -0.3 is 16.4 Å². The lowest BCUT2D eigenvalue weighted by Gasteiger charge is -2.13. The van der Waals surface area contributed by atoms with Gasteiger partial charge in [0.05, 0.1) is 11.7 Å². The molecule has 0 aliphatic heterocycles. The third-order valence-electron chi connectivity index (χ3n) is 4.09. The maximum atomic E-state index is 12.5. The fraction of sp³-hybridized carbons (Fsp3) is 0.150. The van der Waals surface area contributed by atoms with Gasteiger partial charge in [0.25, 0.3) is 11.8 Å². The van der Waals surface area contributed by atoms with Crippen LogP contribution in [0.1, 0.15) is 44.3 Å². The Balaban J connectivity index is 1.65. The van der Waals surface area contributed by atoms with Crippen molar-refractivity contribution in [3.8, 4) is 0 Å². The van der Waals surface area contributed by atoms with Crippen LogP contribution in [0.2, 0.25) is 0 Å². The summed E-state index contributed by atoms with van der Waals surface area (Å²) in [6.45, 7) is 2.25. The Morgan fingerprint density at radius 2 is 1.67 bits per heavy atom. The maximum Gasteiger partial charge on any atom is 0.273 e. The molecule has 138 valence electrons. The van der Waals surface area contributed by atoms with Crippen molar-refractivity contribution >= 4 is 29.0 Å². The van der Waals surface area contributed by atoms with Crippen molar-refractivity contribution in [1.82, 2.24) is 15.0 Å². The predicted molar refractivity (Wildman–Crippen MR) is 106 cm³/mol. The number of aromatic nitrogens is 1. The van der Waals surface area contributed by atoms with Crippen LogP contribution in [0, 0.1) is 0 Å². The summed E-state index contributed by atoms with van der Waals surface area (Å²) in [4.78, 5) is 25.1. The summed E-state index contributed by atoms with van der Waals surface area (Å²) < 4.78 is 4.07. The van der Waals surface area contributed by atoms with E-state index in [0.717, 1.165) is 22.7 Å². The molecule has 0 bridgehead atoms. The van der Waals surface area contributed by atoms with Gasteiger partial charge in [0, 0.05) is 6.54 Å². The molecule has 2 amide bonds. The van der Waals surface area contributed by atoms with Gasteiger partial charge in [-0.1, -0.05) is 60.7 Å². The van der Waals surface area contributed by atoms with E-state index in [2.05, 4.69) is 15.0 Å². The number of carbonyl (C=O) groups is 2. The van der Waals surface area contributed by atoms with Gasteiger partial charge >= 0.3 is 0 Å². The predicted octanol–water partition coefficient (Wildman–Crippen LogP) is 3.15. The minimum atomic E-state index is -0.400. The molecule has 7 heteroatoms. The lowest BCUT2D eigenvalue weighted by molar-refractivity contribution is 0.0942. The van der Waals surface area contributed by atoms with Gasteiger partial charge in [-0.05, 0) is 29.6 Å². The van der Waals surface area contributed by atoms with E-state index in [1.165, 1.54) is 0 Å². The van der Waals surface area contributed by atoms with Crippen LogP contribution < -0.4 is 16.4 Å². The Hall–Kier alpha value is -3.19. The molecule has 4 N–H and O–H groups in total. The highest BCUT2D eigenvalue weighted by atomic mass is 32.1. The van der Waals surface area contributed by atoms with E-state index < -0.39 is 5.91 Å². The first-order valence-electron chi connectivity index (χ1n) is 8.49. The molecule has 27 heavy (non-hydrogen) atoms. The van der Waals surface area contributed by atoms with Gasteiger partial charge in [0.1, 0.15) is 4.88 Å². The summed E-state index contributed by atoms with van der Waals surface area (Å²) >= 11 is 0.924. The molecule has 0 fully saturated rings. The van der Waals surface area contributed by atoms with E-state index in [1.54, 1.807) is 0 Å². The Bertz CT molecular complexity index is 926. The quantitative estimate of drug-likeness (QED) is 0.612. The SMILES string of the molecule is CC(NC(=O)c1snc(C(=O)NCc2ccccc2)c1N)c1ccccc1. The number of rotatable bonds is 6. The Morgan fingerprint density at radius 3 is 2.33 bits per heavy atom. The number of nitrogens with one attached hydrogen (secondary N) is 2. The third-order valence-corrected chi connectivity index (χ3v) is 4.95. The maximum absolute atomic E-state index is 12.5. The second-order valence-electron chi connectivity index (χ2n) is 6.05. The second kappa shape index (κ2) is 8.46. The molecule has 2 aromatic carbocycles. The number of benzene rings is 2. The van der Waals surface area contributed by atoms with E-state index in [4.69, 9.17) is 5.73 Å². The third kappa shape index (κ3) is 4.51. The highest BCUT2D eigenvalue weighted by molar-refractivity contribution is 7.09. The van der Waals surface area contributed by atoms with Gasteiger partial charge in [-0.2, -0.15) is 4.37 Å². The van der Waals surface area contributed by atoms with Gasteiger partial charge in [-0.3, -0.25) is 9.59 Å². The molecule has 1 aromatic heterocycles. The summed E-state index contributed by atoms with van der Waals surface area (Å²) in [7, 11) is 0. The highest BCUT2D eigenvalue weighted by Crippen LogP contribution is 2.23. The van der Waals surface area contributed by atoms with Crippen molar-refractivity contribution in [2.75, 3.05) is 5.73 Å². The van der Waals surface area contributed by atoms with E-state index in [0.29, 0.717) is 6.54 Å². The van der Waals surface area contributed by atoms with Crippen molar-refractivity contribution in [2.24, 2.45) is 0 Å². The molecule has 0 spiro atoms. The van der Waals surface area contributed by atoms with E-state index in [9.17, 15) is 9.59 Å². The van der Waals surface area contributed by atoms with Crippen LogP contribution in [0.25, 0.3) is 0 Å². The van der Waals surface area contributed by atoms with Crippen molar-refractivity contribution in [3.63, 3.8) is 0 Å². The molecule has 0 saturated carbocycles. The van der Waals surface area contributed by atoms with E-state index >= 15 is 0 Å². The second-order valence-corrected chi connectivity index (χ2v) is 6.82. The van der Waals surface area contributed by atoms with Crippen LogP contribution >= 0.6 is 11.5 Å². The zero-order valence-corrected chi connectivity index (χ0v) is 15.6. The van der Waals surface area contributed by atoms with Crippen LogP contribution in [0.5, 0.6) is 0 Å². The van der Waals surface area contributed by atoms with Crippen LogP contribution in [-0.4, -0.2) is 16.2 Å². The molecule has 3 rings (SSSR count). The number of hydrogen-bond donors (Lipinski definition) is 3. The zero-order chi connectivity index (χ0) is 19.2. The van der Waals surface area contributed by atoms with Crippen molar-refractivity contribution in [1.29, 1.82) is 0 Å². The lowest BCUT2D eigenvalue weighted by atomic mass is 10.1. The summed E-state index contributed by atoms with van der Waals surface area (Å²) in [5.74, 6) is -0.744. The minimum Gasteiger partial charge on any atom is -0.395 e. The first kappa shape index (κ1) is 18.6. The Morgan fingerprint density at radius 1 is 1.04 bits per heavy atom. The standard InChI is InChI=1S/C20H20N4O2S/c1-13(15-10-6-3-7-11-15)23-20(26)18-16(21)17(24-27-18)19(25)22-12-14-8-4-2-5-9-14/h2-11,13H,12,21H2,1H3,(H,22,25)(H,23,26). The normalized spacial score (nSPS) is 11.6. The van der Waals surface area contributed by atoms with Crippen LogP contribution in [0.4, 0.5) is 5.69 Å². The molecule has 0 aliphatic carbocycles. The summed E-state index contributed by atoms with van der Waals surface area (Å²) in [6, 6.07) is 18.9. The number of nitrogens with two attached hydrogens (primary N) is 1. The van der Waals surface area contributed by atoms with Gasteiger partial charge in [-0.25, -0.2) is 0 Å². The fourth-order valence-electron chi connectivity index (χ4n) is 2.57. The smallest absolute Gasteiger partial charge is 0.273 e. The highest BCUT2D eigenvalue weighted by Gasteiger charge is 2.23. The molecular formula is C20H20N4O2S. The number of nitrogen functional groups attached to an aromatic ring is 1. The van der Waals surface area contributed by atoms with Gasteiger partial charge in [-0.15, -0.1) is 0 Å². The molecule has 0 radical (unpaired) electrons. The largest absolute Gasteiger partial charge is 0.395 e. The Kier molecular flexibility index (Phi) is 5.83. The number of hydrogen-bond acceptors (Lipinski definition) is 5. The molecule has 6 nitrogen and oxygen atoms in total. The topological polar surface area (TPSA) is 97.1 Å². The molecule has 1 unspecified atom stereocenters. The average Bonchev–Trinajstić information content (AvgIpc) is 3.09. The number of nitrogens with zero attached hydrogens (tertiary/aromatic N) is 1. The number of amides is 2. The van der Waals surface area contributed by atoms with Gasteiger partial charge in [0.15, 0.2) is 5.69 Å². The molecule has 0 aliphatic rings. The molecule has 0 saturated heterocycles. The fourth-order valence-corrected chi connectivity index (χ4v) is 3.27.